The number of nitrogens with one attached hydrogen (secondary N) is 1. The van der Waals surface area contributed by atoms with E-state index in [1.807, 2.05) is 24.3 Å². The summed E-state index contributed by atoms with van der Waals surface area (Å²) in [5.74, 6) is 0.826. The van der Waals surface area contributed by atoms with Crippen LogP contribution in [0, 0.1) is 5.92 Å². The highest BCUT2D eigenvalue weighted by Crippen LogP contribution is 2.29. The monoisotopic (exact) mass is 354 g/mol. The number of hydrogen-bond donors (Lipinski definition) is 1. The van der Waals surface area contributed by atoms with Gasteiger partial charge in [0.15, 0.2) is 0 Å². The molecule has 4 rings (SSSR count). The SMILES string of the molecule is O=C(Nc1cccc(N2CCOCC2)c1)c1cnc(OCC2CC2)cn1. The van der Waals surface area contributed by atoms with Crippen LogP contribution in [0.15, 0.2) is 36.7 Å². The standard InChI is InChI=1S/C19H22N4O3/c24-19(17-11-21-18(12-20-17)26-13-14-4-5-14)22-15-2-1-3-16(10-15)23-6-8-25-9-7-23/h1-3,10-12,14H,4-9,13H2,(H,22,24). The zero-order valence-electron chi connectivity index (χ0n) is 14.6. The van der Waals surface area contributed by atoms with Crippen LogP contribution >= 0.6 is 0 Å². The fourth-order valence-electron chi connectivity index (χ4n) is 2.79. The van der Waals surface area contributed by atoms with Crippen LogP contribution in [0.25, 0.3) is 0 Å². The third-order valence-electron chi connectivity index (χ3n) is 4.50. The van der Waals surface area contributed by atoms with E-state index in [1.165, 1.54) is 25.2 Å². The Morgan fingerprint density at radius 3 is 2.81 bits per heavy atom. The second kappa shape index (κ2) is 7.70. The number of benzene rings is 1. The van der Waals surface area contributed by atoms with Crippen molar-refractivity contribution in [3.63, 3.8) is 0 Å². The van der Waals surface area contributed by atoms with Gasteiger partial charge < -0.3 is 19.7 Å². The Bertz CT molecular complexity index is 756. The molecule has 0 radical (unpaired) electrons. The number of anilines is 2. The number of carbonyl (C=O) groups excluding carboxylic acids is 1. The molecule has 0 spiro atoms. The van der Waals surface area contributed by atoms with Crippen molar-refractivity contribution in [2.75, 3.05) is 43.1 Å². The number of nitrogens with zero attached hydrogens (tertiary/aromatic N) is 3. The number of morpholine rings is 1. The topological polar surface area (TPSA) is 76.6 Å². The van der Waals surface area contributed by atoms with Gasteiger partial charge in [0, 0.05) is 24.5 Å². The Morgan fingerprint density at radius 1 is 1.23 bits per heavy atom. The minimum absolute atomic E-state index is 0.264. The molecule has 26 heavy (non-hydrogen) atoms. The second-order valence-electron chi connectivity index (χ2n) is 6.60. The summed E-state index contributed by atoms with van der Waals surface area (Å²) in [7, 11) is 0. The van der Waals surface area contributed by atoms with Gasteiger partial charge in [-0.25, -0.2) is 9.97 Å². The van der Waals surface area contributed by atoms with Crippen LogP contribution in [-0.2, 0) is 4.74 Å². The Morgan fingerprint density at radius 2 is 2.08 bits per heavy atom. The van der Waals surface area contributed by atoms with Crippen molar-refractivity contribution < 1.29 is 14.3 Å². The number of carbonyl (C=O) groups is 1. The van der Waals surface area contributed by atoms with Crippen molar-refractivity contribution in [1.82, 2.24) is 9.97 Å². The van der Waals surface area contributed by atoms with E-state index >= 15 is 0 Å². The van der Waals surface area contributed by atoms with E-state index < -0.39 is 0 Å². The van der Waals surface area contributed by atoms with E-state index in [0.29, 0.717) is 18.4 Å². The van der Waals surface area contributed by atoms with Crippen molar-refractivity contribution in [3.05, 3.63) is 42.4 Å². The Labute approximate surface area is 152 Å². The maximum absolute atomic E-state index is 12.4. The quantitative estimate of drug-likeness (QED) is 0.858. The summed E-state index contributed by atoms with van der Waals surface area (Å²) in [5.41, 5.74) is 2.07. The molecular weight excluding hydrogens is 332 g/mol. The van der Waals surface area contributed by atoms with E-state index in [9.17, 15) is 4.79 Å². The molecule has 0 bridgehead atoms. The molecule has 1 saturated carbocycles. The molecule has 0 atom stereocenters. The van der Waals surface area contributed by atoms with E-state index in [1.54, 1.807) is 0 Å². The van der Waals surface area contributed by atoms with Crippen LogP contribution in [0.5, 0.6) is 5.88 Å². The first-order valence-electron chi connectivity index (χ1n) is 8.97. The zero-order chi connectivity index (χ0) is 17.8. The largest absolute Gasteiger partial charge is 0.476 e. The molecule has 7 nitrogen and oxygen atoms in total. The zero-order valence-corrected chi connectivity index (χ0v) is 14.6. The maximum Gasteiger partial charge on any atom is 0.275 e. The van der Waals surface area contributed by atoms with Crippen LogP contribution in [-0.4, -0.2) is 48.8 Å². The van der Waals surface area contributed by atoms with Crippen LogP contribution in [0.3, 0.4) is 0 Å². The van der Waals surface area contributed by atoms with Gasteiger partial charge >= 0.3 is 0 Å². The summed E-state index contributed by atoms with van der Waals surface area (Å²) in [6, 6.07) is 7.79. The van der Waals surface area contributed by atoms with Crippen LogP contribution < -0.4 is 15.0 Å². The minimum Gasteiger partial charge on any atom is -0.476 e. The summed E-state index contributed by atoms with van der Waals surface area (Å²) in [5, 5.41) is 2.88. The molecule has 136 valence electrons. The Hall–Kier alpha value is -2.67. The third kappa shape index (κ3) is 4.29. The third-order valence-corrected chi connectivity index (χ3v) is 4.50. The van der Waals surface area contributed by atoms with E-state index in [4.69, 9.17) is 9.47 Å². The normalized spacial score (nSPS) is 17.0. The highest BCUT2D eigenvalue weighted by molar-refractivity contribution is 6.02. The van der Waals surface area contributed by atoms with Crippen LogP contribution in [0.1, 0.15) is 23.3 Å². The van der Waals surface area contributed by atoms with Crippen molar-refractivity contribution in [3.8, 4) is 5.88 Å². The number of rotatable bonds is 6. The first kappa shape index (κ1) is 16.8. The van der Waals surface area contributed by atoms with Gasteiger partial charge in [-0.15, -0.1) is 0 Å². The molecule has 1 aliphatic carbocycles. The number of aromatic nitrogens is 2. The Kier molecular flexibility index (Phi) is 4.97. The Balaban J connectivity index is 1.37. The van der Waals surface area contributed by atoms with E-state index in [-0.39, 0.29) is 11.6 Å². The molecule has 7 heteroatoms. The molecule has 1 N–H and O–H groups in total. The first-order valence-corrected chi connectivity index (χ1v) is 8.97. The fourth-order valence-corrected chi connectivity index (χ4v) is 2.79. The first-order chi connectivity index (χ1) is 12.8. The van der Waals surface area contributed by atoms with Gasteiger partial charge in [-0.1, -0.05) is 6.07 Å². The molecule has 1 aromatic heterocycles. The van der Waals surface area contributed by atoms with Crippen molar-refractivity contribution in [1.29, 1.82) is 0 Å². The van der Waals surface area contributed by atoms with Crippen LogP contribution in [0.2, 0.25) is 0 Å². The molecule has 2 aromatic rings. The highest BCUT2D eigenvalue weighted by Gasteiger charge is 2.22. The average Bonchev–Trinajstić information content (AvgIpc) is 3.52. The summed E-state index contributed by atoms with van der Waals surface area (Å²) in [6.45, 7) is 3.83. The lowest BCUT2D eigenvalue weighted by atomic mass is 10.2. The van der Waals surface area contributed by atoms with Gasteiger partial charge in [-0.05, 0) is 37.0 Å². The van der Waals surface area contributed by atoms with Crippen molar-refractivity contribution >= 4 is 17.3 Å². The molecule has 2 aliphatic rings. The van der Waals surface area contributed by atoms with Gasteiger partial charge in [-0.3, -0.25) is 4.79 Å². The summed E-state index contributed by atoms with van der Waals surface area (Å²) >= 11 is 0. The number of amides is 1. The fraction of sp³-hybridized carbons (Fsp3) is 0.421. The lowest BCUT2D eigenvalue weighted by Gasteiger charge is -2.29. The van der Waals surface area contributed by atoms with Gasteiger partial charge in [0.25, 0.3) is 5.91 Å². The molecule has 2 heterocycles. The lowest BCUT2D eigenvalue weighted by molar-refractivity contribution is 0.102. The van der Waals surface area contributed by atoms with E-state index in [2.05, 4.69) is 20.2 Å². The van der Waals surface area contributed by atoms with Crippen molar-refractivity contribution in [2.45, 2.75) is 12.8 Å². The lowest BCUT2D eigenvalue weighted by Crippen LogP contribution is -2.36. The average molecular weight is 354 g/mol. The van der Waals surface area contributed by atoms with Gasteiger partial charge in [0.2, 0.25) is 5.88 Å². The van der Waals surface area contributed by atoms with Crippen molar-refractivity contribution in [2.24, 2.45) is 5.92 Å². The van der Waals surface area contributed by atoms with Gasteiger partial charge in [0.1, 0.15) is 5.69 Å². The number of ether oxygens (including phenoxy) is 2. The highest BCUT2D eigenvalue weighted by atomic mass is 16.5. The summed E-state index contributed by atoms with van der Waals surface area (Å²) in [6.07, 6.45) is 5.39. The second-order valence-corrected chi connectivity index (χ2v) is 6.60. The van der Waals surface area contributed by atoms with Crippen LogP contribution in [0.4, 0.5) is 11.4 Å². The van der Waals surface area contributed by atoms with Gasteiger partial charge in [0.05, 0.1) is 32.2 Å². The maximum atomic E-state index is 12.4. The molecule has 1 aliphatic heterocycles. The van der Waals surface area contributed by atoms with E-state index in [0.717, 1.165) is 37.7 Å². The number of hydrogen-bond acceptors (Lipinski definition) is 6. The molecule has 1 saturated heterocycles. The summed E-state index contributed by atoms with van der Waals surface area (Å²) < 4.78 is 10.9. The van der Waals surface area contributed by atoms with Gasteiger partial charge in [-0.2, -0.15) is 0 Å². The molecule has 1 amide bonds. The molecule has 1 aromatic carbocycles. The smallest absolute Gasteiger partial charge is 0.275 e. The predicted molar refractivity (Wildman–Crippen MR) is 97.7 cm³/mol. The minimum atomic E-state index is -0.287. The molecule has 2 fully saturated rings. The summed E-state index contributed by atoms with van der Waals surface area (Å²) in [4.78, 5) is 23.0. The molecule has 0 unspecified atom stereocenters. The predicted octanol–water partition coefficient (Wildman–Crippen LogP) is 2.35. The molecular formula is C19H22N4O3.